The minimum Gasteiger partial charge on any atom is -0.458 e. The summed E-state index contributed by atoms with van der Waals surface area (Å²) in [6.07, 6.45) is 0. The molecule has 34 heavy (non-hydrogen) atoms. The highest BCUT2D eigenvalue weighted by Gasteiger charge is 2.70. The summed E-state index contributed by atoms with van der Waals surface area (Å²) in [4.78, 5) is 0. The summed E-state index contributed by atoms with van der Waals surface area (Å²) < 4.78 is 14.3. The van der Waals surface area contributed by atoms with E-state index >= 15 is 0 Å². The van der Waals surface area contributed by atoms with Crippen LogP contribution in [0.4, 0.5) is 0 Å². The van der Waals surface area contributed by atoms with Gasteiger partial charge in [0.25, 0.3) is 0 Å². The third kappa shape index (κ3) is 6.28. The quantitative estimate of drug-likeness (QED) is 0.210. The Morgan fingerprint density at radius 2 is 0.382 bits per heavy atom. The molecule has 0 spiro atoms. The summed E-state index contributed by atoms with van der Waals surface area (Å²) in [5, 5.41) is 0. The molecule has 206 valence electrons. The second-order valence-electron chi connectivity index (χ2n) is 17.2. The molecule has 0 bridgehead atoms. The predicted molar refractivity (Wildman–Crippen MR) is 189 cm³/mol. The lowest BCUT2D eigenvalue weighted by Crippen LogP contribution is -2.93. The molecule has 0 radical (unpaired) electrons. The van der Waals surface area contributed by atoms with Gasteiger partial charge in [-0.15, -0.1) is 0 Å². The van der Waals surface area contributed by atoms with Crippen molar-refractivity contribution in [3.8, 4) is 0 Å². The first-order valence-electron chi connectivity index (χ1n) is 13.6. The van der Waals surface area contributed by atoms with Crippen LogP contribution in [0.3, 0.4) is 0 Å². The van der Waals surface area contributed by atoms with Gasteiger partial charge in [-0.3, -0.25) is 0 Å². The van der Waals surface area contributed by atoms with Crippen molar-refractivity contribution in [2.24, 2.45) is 0 Å². The Bertz CT molecular complexity index is 665. The van der Waals surface area contributed by atoms with Crippen LogP contribution >= 0.6 is 0 Å². The van der Waals surface area contributed by atoms with E-state index in [9.17, 15) is 0 Å². The highest BCUT2D eigenvalue weighted by atomic mass is 30.1. The van der Waals surface area contributed by atoms with Gasteiger partial charge in [-0.05, 0) is 65.5 Å². The first-order valence-corrected chi connectivity index (χ1v) is 51.2. The zero-order valence-corrected chi connectivity index (χ0v) is 37.8. The van der Waals surface area contributed by atoms with Crippen LogP contribution in [0.2, 0.25) is 144 Å². The summed E-state index contributed by atoms with van der Waals surface area (Å²) >= 11 is 0. The maximum absolute atomic E-state index is 7.17. The van der Waals surface area contributed by atoms with Gasteiger partial charge in [-0.2, -0.15) is 0 Å². The molecule has 0 amide bonds. The Morgan fingerprint density at radius 3 is 0.529 bits per heavy atom. The highest BCUT2D eigenvalue weighted by molar-refractivity contribution is 8.03. The molecule has 0 N–H and O–H groups in total. The molecule has 0 aliphatic carbocycles. The Hall–Kier alpha value is 2.09. The smallest absolute Gasteiger partial charge is 0.170 e. The maximum atomic E-state index is 7.17. The molecule has 0 heterocycles. The maximum Gasteiger partial charge on any atom is 0.170 e. The Balaban J connectivity index is 6.80. The van der Waals surface area contributed by atoms with Gasteiger partial charge in [0.05, 0.1) is 14.2 Å². The average Bonchev–Trinajstić information content (AvgIpc) is 2.48. The van der Waals surface area contributed by atoms with Crippen LogP contribution in [-0.4, -0.2) is 75.0 Å². The predicted octanol–water partition coefficient (Wildman–Crippen LogP) is 8.90. The molecule has 0 saturated heterocycles. The van der Waals surface area contributed by atoms with E-state index in [4.69, 9.17) is 8.23 Å². The van der Waals surface area contributed by atoms with Crippen LogP contribution in [0, 0.1) is 0 Å². The first kappa shape index (κ1) is 36.1. The topological polar surface area (TPSA) is 18.5 Å². The molecule has 0 aromatic heterocycles. The van der Waals surface area contributed by atoms with Crippen molar-refractivity contribution in [2.45, 2.75) is 144 Å². The van der Waals surface area contributed by atoms with Crippen LogP contribution in [0.5, 0.6) is 0 Å². The van der Waals surface area contributed by atoms with Crippen LogP contribution in [0.1, 0.15) is 0 Å². The molecule has 0 unspecified atom stereocenters. The minimum atomic E-state index is -1.73. The molecule has 0 aromatic carbocycles. The third-order valence-corrected chi connectivity index (χ3v) is 188. The first-order chi connectivity index (χ1) is 14.2. The lowest BCUT2D eigenvalue weighted by molar-refractivity contribution is 0.570. The lowest BCUT2D eigenvalue weighted by Gasteiger charge is -2.65. The third-order valence-electron chi connectivity index (χ3n) is 11.9. The van der Waals surface area contributed by atoms with Crippen molar-refractivity contribution in [1.29, 1.82) is 0 Å². The summed E-state index contributed by atoms with van der Waals surface area (Å²) in [5.74, 6) is 0. The van der Waals surface area contributed by atoms with Crippen molar-refractivity contribution in [3.05, 3.63) is 0 Å². The van der Waals surface area contributed by atoms with E-state index < -0.39 is 75.0 Å². The van der Waals surface area contributed by atoms with Gasteiger partial charge in [-0.25, -0.2) is 0 Å². The minimum absolute atomic E-state index is 1.48. The van der Waals surface area contributed by atoms with E-state index in [1.54, 1.807) is 0 Å². The zero-order valence-electron chi connectivity index (χ0n) is 27.8. The van der Waals surface area contributed by atoms with Crippen molar-refractivity contribution >= 4 is 75.0 Å². The van der Waals surface area contributed by atoms with E-state index in [0.717, 1.165) is 0 Å². The van der Waals surface area contributed by atoms with Gasteiger partial charge in [0.15, 0.2) is 32.3 Å². The molecular formula is C22H66O2Si10. The van der Waals surface area contributed by atoms with E-state index in [1.165, 1.54) is 0 Å². The van der Waals surface area contributed by atoms with E-state index in [0.29, 0.717) is 0 Å². The van der Waals surface area contributed by atoms with Crippen molar-refractivity contribution < 1.29 is 8.23 Å². The Labute approximate surface area is 225 Å². The van der Waals surface area contributed by atoms with Gasteiger partial charge >= 0.3 is 0 Å². The van der Waals surface area contributed by atoms with Crippen LogP contribution in [0.15, 0.2) is 0 Å². The van der Waals surface area contributed by atoms with E-state index in [1.807, 2.05) is 0 Å². The van der Waals surface area contributed by atoms with Gasteiger partial charge < -0.3 is 8.23 Å². The molecule has 0 fully saturated rings. The normalized spacial score (nSPS) is 16.8. The summed E-state index contributed by atoms with van der Waals surface area (Å²) in [7, 11) is -15.5. The van der Waals surface area contributed by atoms with Gasteiger partial charge in [0.2, 0.25) is 0 Å². The number of hydrogen-bond acceptors (Lipinski definition) is 2. The fourth-order valence-electron chi connectivity index (χ4n) is 6.42. The average molecular weight is 644 g/mol. The Kier molecular flexibility index (Phi) is 10.5. The molecule has 2 nitrogen and oxygen atoms in total. The summed E-state index contributed by atoms with van der Waals surface area (Å²) in [6, 6.07) is 0. The summed E-state index contributed by atoms with van der Waals surface area (Å²) in [5.41, 5.74) is 0. The van der Waals surface area contributed by atoms with E-state index in [2.05, 4.69) is 144 Å². The van der Waals surface area contributed by atoms with Crippen LogP contribution in [-0.2, 0) is 8.23 Å². The fourth-order valence-corrected chi connectivity index (χ4v) is 251. The van der Waals surface area contributed by atoms with Crippen molar-refractivity contribution in [3.63, 3.8) is 0 Å². The van der Waals surface area contributed by atoms with Gasteiger partial charge in [-0.1, -0.05) is 78.6 Å². The fraction of sp³-hybridized carbons (Fsp3) is 1.00. The van der Waals surface area contributed by atoms with Crippen LogP contribution in [0.25, 0.3) is 0 Å². The van der Waals surface area contributed by atoms with Crippen molar-refractivity contribution in [2.75, 3.05) is 0 Å². The van der Waals surface area contributed by atoms with Gasteiger partial charge in [0, 0.05) is 28.4 Å². The molecule has 0 saturated carbocycles. The van der Waals surface area contributed by atoms with Crippen LogP contribution < -0.4 is 0 Å². The van der Waals surface area contributed by atoms with Crippen molar-refractivity contribution in [1.82, 2.24) is 0 Å². The SMILES string of the molecule is C[Si](C)(C)O[Si](C)(C)[Si](C)(C)[Si](C)(C)[Si](C)(C)[Si](C)(C)[Si](C)(C)[Si](C)(C)[Si](C)(C)O[Si](C)(C)C. The zero-order chi connectivity index (χ0) is 28.4. The number of rotatable bonds is 11. The molecule has 0 aromatic rings. The monoisotopic (exact) mass is 642 g/mol. The Morgan fingerprint density at radius 1 is 0.235 bits per heavy atom. The molecule has 0 aliphatic heterocycles. The second-order valence-corrected chi connectivity index (χ2v) is 114. The number of hydrogen-bond donors (Lipinski definition) is 0. The molecule has 0 aliphatic rings. The highest BCUT2D eigenvalue weighted by Crippen LogP contribution is 2.46. The molecular weight excluding hydrogens is 577 g/mol. The standard InChI is InChI=1S/C22H66O2Si10/c1-25(2,3)23-27(7,8)29(11,12)31(15,16)33(19,20)34(21,22)32(17,18)30(13,14)28(9,10)24-26(4,5)6/h1-22H3. The lowest BCUT2D eigenvalue weighted by atomic mass is 11.8. The molecule has 12 heteroatoms. The molecule has 0 rings (SSSR count). The van der Waals surface area contributed by atoms with E-state index in [-0.39, 0.29) is 0 Å². The molecule has 0 atom stereocenters. The second kappa shape index (κ2) is 9.93. The largest absolute Gasteiger partial charge is 0.458 e. The van der Waals surface area contributed by atoms with Gasteiger partial charge in [0.1, 0.15) is 0 Å². The summed E-state index contributed by atoms with van der Waals surface area (Å²) in [6.45, 7) is 59.1.